The van der Waals surface area contributed by atoms with Gasteiger partial charge in [0.2, 0.25) is 0 Å². The highest BCUT2D eigenvalue weighted by Crippen LogP contribution is 2.20. The summed E-state index contributed by atoms with van der Waals surface area (Å²) in [6.45, 7) is 13.2. The lowest BCUT2D eigenvalue weighted by molar-refractivity contribution is 0.00982. The van der Waals surface area contributed by atoms with E-state index in [0.29, 0.717) is 6.10 Å². The van der Waals surface area contributed by atoms with E-state index in [1.807, 2.05) is 39.5 Å². The number of nitrogens with zero attached hydrogens (tertiary/aromatic N) is 1. The molecule has 0 radical (unpaired) electrons. The van der Waals surface area contributed by atoms with Crippen LogP contribution in [-0.4, -0.2) is 55.0 Å². The second kappa shape index (κ2) is 9.36. The molecule has 1 aliphatic heterocycles. The molecule has 0 aromatic rings. The Labute approximate surface area is 135 Å². The second-order valence-corrected chi connectivity index (χ2v) is 7.30. The highest BCUT2D eigenvalue weighted by Gasteiger charge is 2.29. The fourth-order valence-corrected chi connectivity index (χ4v) is 2.56. The second-order valence-electron chi connectivity index (χ2n) is 7.30. The fraction of sp³-hybridized carbons (Fsp3) is 0.941. The van der Waals surface area contributed by atoms with Crippen LogP contribution in [0, 0.1) is 0 Å². The molecule has 5 heteroatoms. The molecule has 0 spiro atoms. The zero-order chi connectivity index (χ0) is 16.6. The third-order valence-corrected chi connectivity index (χ3v) is 3.58. The van der Waals surface area contributed by atoms with Crippen LogP contribution in [-0.2, 0) is 9.47 Å². The number of ether oxygens (including phenoxy) is 2. The summed E-state index contributed by atoms with van der Waals surface area (Å²) in [5.41, 5.74) is -0.430. The first-order valence-electron chi connectivity index (χ1n) is 8.61. The van der Waals surface area contributed by atoms with E-state index < -0.39 is 5.60 Å². The van der Waals surface area contributed by atoms with E-state index in [4.69, 9.17) is 9.47 Å². The first-order valence-corrected chi connectivity index (χ1v) is 8.61. The molecule has 1 N–H and O–H groups in total. The predicted molar refractivity (Wildman–Crippen MR) is 89.2 cm³/mol. The molecule has 130 valence electrons. The third-order valence-electron chi connectivity index (χ3n) is 3.58. The smallest absolute Gasteiger partial charge is 0.410 e. The molecule has 0 aromatic heterocycles. The van der Waals surface area contributed by atoms with E-state index >= 15 is 0 Å². The number of amides is 1. The third kappa shape index (κ3) is 7.99. The van der Waals surface area contributed by atoms with Gasteiger partial charge in [-0.3, -0.25) is 0 Å². The lowest BCUT2D eigenvalue weighted by Gasteiger charge is -2.37. The number of carbonyl (C=O) groups excluding carboxylic acids is 1. The molecule has 1 fully saturated rings. The average molecular weight is 314 g/mol. The molecular weight excluding hydrogens is 280 g/mol. The van der Waals surface area contributed by atoms with Crippen molar-refractivity contribution in [2.24, 2.45) is 0 Å². The molecule has 22 heavy (non-hydrogen) atoms. The highest BCUT2D eigenvalue weighted by atomic mass is 16.6. The molecule has 1 atom stereocenters. The summed E-state index contributed by atoms with van der Waals surface area (Å²) in [6.07, 6.45) is 4.41. The van der Waals surface area contributed by atoms with E-state index in [0.717, 1.165) is 45.5 Å². The van der Waals surface area contributed by atoms with Crippen LogP contribution in [0.4, 0.5) is 4.79 Å². The van der Waals surface area contributed by atoms with Gasteiger partial charge in [0.25, 0.3) is 0 Å². The normalized spacial score (nSPS) is 19.5. The summed E-state index contributed by atoms with van der Waals surface area (Å²) in [4.78, 5) is 14.2. The van der Waals surface area contributed by atoms with E-state index in [1.54, 1.807) is 0 Å². The van der Waals surface area contributed by atoms with Crippen molar-refractivity contribution in [2.45, 2.75) is 78.0 Å². The number of rotatable bonds is 7. The zero-order valence-electron chi connectivity index (χ0n) is 15.0. The largest absolute Gasteiger partial charge is 0.444 e. The van der Waals surface area contributed by atoms with E-state index in [-0.39, 0.29) is 12.1 Å². The van der Waals surface area contributed by atoms with Gasteiger partial charge in [-0.15, -0.1) is 0 Å². The number of carbonyl (C=O) groups is 1. The standard InChI is InChI=1S/C17H34N2O3/c1-14(2)21-12-8-10-18-13-15-9-6-7-11-19(15)16(20)22-17(3,4)5/h14-15,18H,6-13H2,1-5H3. The highest BCUT2D eigenvalue weighted by molar-refractivity contribution is 5.68. The molecule has 1 saturated heterocycles. The van der Waals surface area contributed by atoms with Gasteiger partial charge in [-0.05, 0) is 66.8 Å². The van der Waals surface area contributed by atoms with Crippen molar-refractivity contribution in [3.05, 3.63) is 0 Å². The first-order chi connectivity index (χ1) is 10.3. The Hall–Kier alpha value is -0.810. The van der Waals surface area contributed by atoms with Crippen LogP contribution in [0.25, 0.3) is 0 Å². The average Bonchev–Trinajstić information content (AvgIpc) is 2.41. The number of nitrogens with one attached hydrogen (secondary N) is 1. The van der Waals surface area contributed by atoms with Crippen LogP contribution in [0.3, 0.4) is 0 Å². The number of hydrogen-bond acceptors (Lipinski definition) is 4. The van der Waals surface area contributed by atoms with Gasteiger partial charge < -0.3 is 19.7 Å². The zero-order valence-corrected chi connectivity index (χ0v) is 15.0. The molecule has 1 amide bonds. The van der Waals surface area contributed by atoms with Gasteiger partial charge in [0.15, 0.2) is 0 Å². The van der Waals surface area contributed by atoms with Crippen molar-refractivity contribution in [1.29, 1.82) is 0 Å². The molecule has 0 aliphatic carbocycles. The van der Waals surface area contributed by atoms with Gasteiger partial charge in [0, 0.05) is 25.7 Å². The van der Waals surface area contributed by atoms with Crippen LogP contribution in [0.1, 0.15) is 60.3 Å². The van der Waals surface area contributed by atoms with Crippen LogP contribution in [0.15, 0.2) is 0 Å². The summed E-state index contributed by atoms with van der Waals surface area (Å²) in [5.74, 6) is 0. The molecule has 1 rings (SSSR count). The van der Waals surface area contributed by atoms with Crippen LogP contribution < -0.4 is 5.32 Å². The molecule has 0 saturated carbocycles. The Kier molecular flexibility index (Phi) is 8.18. The van der Waals surface area contributed by atoms with Crippen LogP contribution in [0.2, 0.25) is 0 Å². The summed E-state index contributed by atoms with van der Waals surface area (Å²) in [5, 5.41) is 3.45. The Morgan fingerprint density at radius 1 is 1.32 bits per heavy atom. The minimum atomic E-state index is -0.430. The van der Waals surface area contributed by atoms with Crippen molar-refractivity contribution in [3.63, 3.8) is 0 Å². The number of piperidine rings is 1. The molecular formula is C17H34N2O3. The van der Waals surface area contributed by atoms with Crippen molar-refractivity contribution in [3.8, 4) is 0 Å². The van der Waals surface area contributed by atoms with Crippen molar-refractivity contribution < 1.29 is 14.3 Å². The lowest BCUT2D eigenvalue weighted by Crippen LogP contribution is -2.50. The maximum absolute atomic E-state index is 12.3. The van der Waals surface area contributed by atoms with E-state index in [9.17, 15) is 4.79 Å². The van der Waals surface area contributed by atoms with Crippen molar-refractivity contribution in [2.75, 3.05) is 26.2 Å². The van der Waals surface area contributed by atoms with Gasteiger partial charge in [0.05, 0.1) is 6.10 Å². The Bertz CT molecular complexity index is 326. The summed E-state index contributed by atoms with van der Waals surface area (Å²) < 4.78 is 11.0. The Morgan fingerprint density at radius 2 is 2.05 bits per heavy atom. The Balaban J connectivity index is 2.31. The number of likely N-dealkylation sites (tertiary alicyclic amines) is 1. The molecule has 0 aromatic carbocycles. The predicted octanol–water partition coefficient (Wildman–Crippen LogP) is 3.18. The molecule has 5 nitrogen and oxygen atoms in total. The Morgan fingerprint density at radius 3 is 2.68 bits per heavy atom. The monoisotopic (exact) mass is 314 g/mol. The molecule has 0 bridgehead atoms. The van der Waals surface area contributed by atoms with Gasteiger partial charge in [-0.25, -0.2) is 4.79 Å². The summed E-state index contributed by atoms with van der Waals surface area (Å²) in [7, 11) is 0. The topological polar surface area (TPSA) is 50.8 Å². The molecule has 1 heterocycles. The fourth-order valence-electron chi connectivity index (χ4n) is 2.56. The quantitative estimate of drug-likeness (QED) is 0.733. The lowest BCUT2D eigenvalue weighted by atomic mass is 10.0. The number of hydrogen-bond donors (Lipinski definition) is 1. The van der Waals surface area contributed by atoms with E-state index in [1.165, 1.54) is 6.42 Å². The molecule has 1 aliphatic rings. The van der Waals surface area contributed by atoms with Crippen molar-refractivity contribution >= 4 is 6.09 Å². The van der Waals surface area contributed by atoms with Gasteiger partial charge in [0.1, 0.15) is 5.60 Å². The summed E-state index contributed by atoms with van der Waals surface area (Å²) in [6, 6.07) is 0.245. The van der Waals surface area contributed by atoms with Gasteiger partial charge in [-0.2, -0.15) is 0 Å². The maximum atomic E-state index is 12.3. The first kappa shape index (κ1) is 19.2. The minimum absolute atomic E-state index is 0.179. The van der Waals surface area contributed by atoms with Crippen molar-refractivity contribution in [1.82, 2.24) is 10.2 Å². The SMILES string of the molecule is CC(C)OCCCNCC1CCCCN1C(=O)OC(C)(C)C. The summed E-state index contributed by atoms with van der Waals surface area (Å²) >= 11 is 0. The minimum Gasteiger partial charge on any atom is -0.444 e. The van der Waals surface area contributed by atoms with Gasteiger partial charge in [-0.1, -0.05) is 0 Å². The molecule has 1 unspecified atom stereocenters. The maximum Gasteiger partial charge on any atom is 0.410 e. The van der Waals surface area contributed by atoms with Crippen LogP contribution >= 0.6 is 0 Å². The van der Waals surface area contributed by atoms with Crippen LogP contribution in [0.5, 0.6) is 0 Å². The van der Waals surface area contributed by atoms with Gasteiger partial charge >= 0.3 is 6.09 Å². The van der Waals surface area contributed by atoms with E-state index in [2.05, 4.69) is 5.32 Å².